The molecule has 0 radical (unpaired) electrons. The summed E-state index contributed by atoms with van der Waals surface area (Å²) in [6.07, 6.45) is 1.41. The van der Waals surface area contributed by atoms with Gasteiger partial charge in [0.15, 0.2) is 5.43 Å². The number of rotatable bonds is 7. The zero-order chi connectivity index (χ0) is 27.7. The molecule has 0 aliphatic carbocycles. The molecule has 198 valence electrons. The maximum Gasteiger partial charge on any atom is 0.251 e. The maximum absolute atomic E-state index is 13.2. The molecule has 0 bridgehead atoms. The van der Waals surface area contributed by atoms with E-state index >= 15 is 0 Å². The van der Waals surface area contributed by atoms with Crippen LogP contribution in [-0.4, -0.2) is 18.1 Å². The number of halogens is 2. The van der Waals surface area contributed by atoms with Crippen LogP contribution in [0.15, 0.2) is 80.7 Å². The van der Waals surface area contributed by atoms with Gasteiger partial charge in [0.05, 0.1) is 26.6 Å². The lowest BCUT2D eigenvalue weighted by Gasteiger charge is -2.11. The van der Waals surface area contributed by atoms with E-state index in [1.165, 1.54) is 6.26 Å². The van der Waals surface area contributed by atoms with Crippen molar-refractivity contribution in [3.63, 3.8) is 0 Å². The van der Waals surface area contributed by atoms with Crippen LogP contribution in [0, 0.1) is 0 Å². The second kappa shape index (κ2) is 11.0. The van der Waals surface area contributed by atoms with Crippen LogP contribution in [0.3, 0.4) is 0 Å². The van der Waals surface area contributed by atoms with E-state index < -0.39 is 0 Å². The zero-order valence-corrected chi connectivity index (χ0v) is 22.9. The Bertz CT molecular complexity index is 1720. The number of nitrogens with zero attached hydrogens (tertiary/aromatic N) is 1. The van der Waals surface area contributed by atoms with Crippen LogP contribution in [0.2, 0.25) is 10.0 Å². The van der Waals surface area contributed by atoms with Crippen LogP contribution in [-0.2, 0) is 6.61 Å². The van der Waals surface area contributed by atoms with Gasteiger partial charge in [0.2, 0.25) is 0 Å². The summed E-state index contributed by atoms with van der Waals surface area (Å²) in [6.45, 7) is 4.13. The minimum absolute atomic E-state index is 0.0459. The smallest absolute Gasteiger partial charge is 0.251 e. The molecule has 39 heavy (non-hydrogen) atoms. The molecule has 5 aromatic rings. The molecule has 2 aromatic heterocycles. The van der Waals surface area contributed by atoms with Gasteiger partial charge in [-0.3, -0.25) is 9.59 Å². The van der Waals surface area contributed by atoms with Crippen LogP contribution in [0.25, 0.3) is 33.4 Å². The van der Waals surface area contributed by atoms with E-state index in [0.29, 0.717) is 60.5 Å². The number of carbonyl (C=O) groups is 1. The first-order valence-corrected chi connectivity index (χ1v) is 13.0. The van der Waals surface area contributed by atoms with Gasteiger partial charge in [-0.1, -0.05) is 60.4 Å². The molecule has 7 nitrogen and oxygen atoms in total. The third-order valence-electron chi connectivity index (χ3n) is 6.36. The first-order chi connectivity index (χ1) is 18.8. The quantitative estimate of drug-likeness (QED) is 0.221. The Morgan fingerprint density at radius 2 is 1.77 bits per heavy atom. The van der Waals surface area contributed by atoms with E-state index in [9.17, 15) is 9.59 Å². The molecule has 5 rings (SSSR count). The first-order valence-electron chi connectivity index (χ1n) is 12.2. The highest BCUT2D eigenvalue weighted by Gasteiger charge is 2.24. The number of benzene rings is 3. The maximum atomic E-state index is 13.2. The van der Waals surface area contributed by atoms with Crippen molar-refractivity contribution in [2.24, 2.45) is 0 Å². The highest BCUT2D eigenvalue weighted by atomic mass is 35.5. The van der Waals surface area contributed by atoms with Crippen LogP contribution in [0.1, 0.15) is 41.4 Å². The molecule has 3 aromatic carbocycles. The molecule has 9 heteroatoms. The SMILES string of the molecule is CNC(=O)c1ccc(-c2coc3cc(OCc4c(-c5c(Cl)cccc5Cl)noc4C(C)C)ccc3c2=O)cc1. The number of ether oxygens (including phenoxy) is 1. The summed E-state index contributed by atoms with van der Waals surface area (Å²) < 4.78 is 17.6. The van der Waals surface area contributed by atoms with Crippen LogP contribution in [0.4, 0.5) is 0 Å². The van der Waals surface area contributed by atoms with Crippen molar-refractivity contribution in [2.75, 3.05) is 7.05 Å². The number of nitrogens with one attached hydrogen (secondary N) is 1. The largest absolute Gasteiger partial charge is 0.489 e. The van der Waals surface area contributed by atoms with Crippen LogP contribution >= 0.6 is 23.2 Å². The lowest BCUT2D eigenvalue weighted by molar-refractivity contribution is 0.0963. The van der Waals surface area contributed by atoms with E-state index in [1.807, 2.05) is 13.8 Å². The zero-order valence-electron chi connectivity index (χ0n) is 21.4. The van der Waals surface area contributed by atoms with Crippen molar-refractivity contribution in [1.29, 1.82) is 0 Å². The molecule has 0 unspecified atom stereocenters. The van der Waals surface area contributed by atoms with E-state index in [-0.39, 0.29) is 23.9 Å². The van der Waals surface area contributed by atoms with Gasteiger partial charge in [-0.15, -0.1) is 0 Å². The number of hydrogen-bond donors (Lipinski definition) is 1. The predicted molar refractivity (Wildman–Crippen MR) is 152 cm³/mol. The van der Waals surface area contributed by atoms with E-state index in [2.05, 4.69) is 10.5 Å². The van der Waals surface area contributed by atoms with Gasteiger partial charge in [0, 0.05) is 30.2 Å². The summed E-state index contributed by atoms with van der Waals surface area (Å²) in [6, 6.07) is 17.1. The number of hydrogen-bond acceptors (Lipinski definition) is 6. The average molecular weight is 563 g/mol. The lowest BCUT2D eigenvalue weighted by Crippen LogP contribution is -2.17. The number of carbonyl (C=O) groups excluding carboxylic acids is 1. The Hall–Kier alpha value is -4.07. The molecule has 2 heterocycles. The standard InChI is InChI=1S/C30H24Cl2N2O5/c1-16(2)29-22(27(34-39-29)26-23(31)5-4-6-24(26)32)15-37-19-11-12-20-25(13-19)38-14-21(28(20)35)17-7-9-18(10-8-17)30(36)33-3/h4-14,16H,15H2,1-3H3,(H,33,36). The van der Waals surface area contributed by atoms with Crippen LogP contribution < -0.4 is 15.5 Å². The molecular weight excluding hydrogens is 539 g/mol. The minimum Gasteiger partial charge on any atom is -0.489 e. The van der Waals surface area contributed by atoms with Gasteiger partial charge in [-0.2, -0.15) is 0 Å². The molecule has 0 atom stereocenters. The van der Waals surface area contributed by atoms with Crippen molar-refractivity contribution >= 4 is 40.1 Å². The Morgan fingerprint density at radius 3 is 2.44 bits per heavy atom. The lowest BCUT2D eigenvalue weighted by atomic mass is 10.0. The van der Waals surface area contributed by atoms with Crippen molar-refractivity contribution in [3.8, 4) is 28.1 Å². The summed E-state index contributed by atoms with van der Waals surface area (Å²) in [5, 5.41) is 8.15. The van der Waals surface area contributed by atoms with E-state index in [0.717, 1.165) is 5.56 Å². The molecule has 1 amide bonds. The summed E-state index contributed by atoms with van der Waals surface area (Å²) in [4.78, 5) is 25.0. The van der Waals surface area contributed by atoms with Gasteiger partial charge >= 0.3 is 0 Å². The van der Waals surface area contributed by atoms with E-state index in [1.54, 1.807) is 67.7 Å². The minimum atomic E-state index is -0.201. The summed E-state index contributed by atoms with van der Waals surface area (Å²) in [7, 11) is 1.56. The molecule has 0 aliphatic heterocycles. The van der Waals surface area contributed by atoms with Gasteiger partial charge in [-0.25, -0.2) is 0 Å². The molecule has 1 N–H and O–H groups in total. The summed E-state index contributed by atoms with van der Waals surface area (Å²) >= 11 is 12.9. The topological polar surface area (TPSA) is 94.6 Å². The number of aromatic nitrogens is 1. The number of fused-ring (bicyclic) bond motifs is 1. The fourth-order valence-electron chi connectivity index (χ4n) is 4.33. The molecule has 0 fully saturated rings. The summed E-state index contributed by atoms with van der Waals surface area (Å²) in [5.41, 5.74) is 3.58. The first kappa shape index (κ1) is 26.5. The second-order valence-corrected chi connectivity index (χ2v) is 10.0. The fourth-order valence-corrected chi connectivity index (χ4v) is 4.91. The van der Waals surface area contributed by atoms with Crippen LogP contribution in [0.5, 0.6) is 5.75 Å². The number of amides is 1. The van der Waals surface area contributed by atoms with Gasteiger partial charge in [-0.05, 0) is 42.0 Å². The normalized spacial score (nSPS) is 11.2. The van der Waals surface area contributed by atoms with Crippen molar-refractivity contribution < 1.29 is 18.5 Å². The van der Waals surface area contributed by atoms with E-state index in [4.69, 9.17) is 36.9 Å². The molecular formula is C30H24Cl2N2O5. The van der Waals surface area contributed by atoms with Gasteiger partial charge in [0.25, 0.3) is 5.91 Å². The highest BCUT2D eigenvalue weighted by molar-refractivity contribution is 6.39. The monoisotopic (exact) mass is 562 g/mol. The second-order valence-electron chi connectivity index (χ2n) is 9.21. The Balaban J connectivity index is 1.44. The highest BCUT2D eigenvalue weighted by Crippen LogP contribution is 2.39. The van der Waals surface area contributed by atoms with Gasteiger partial charge in [0.1, 0.15) is 35.7 Å². The molecule has 0 spiro atoms. The van der Waals surface area contributed by atoms with Crippen molar-refractivity contribution in [3.05, 3.63) is 104 Å². The third-order valence-corrected chi connectivity index (χ3v) is 6.99. The molecule has 0 aliphatic rings. The Labute approximate surface area is 234 Å². The fraction of sp³-hybridized carbons (Fsp3) is 0.167. The molecule has 0 saturated heterocycles. The molecule has 0 saturated carbocycles. The third kappa shape index (κ3) is 5.15. The van der Waals surface area contributed by atoms with Crippen molar-refractivity contribution in [2.45, 2.75) is 26.4 Å². The Kier molecular flexibility index (Phi) is 7.46. The van der Waals surface area contributed by atoms with Gasteiger partial charge < -0.3 is 19.0 Å². The summed E-state index contributed by atoms with van der Waals surface area (Å²) in [5.74, 6) is 1.01. The van der Waals surface area contributed by atoms with Crippen molar-refractivity contribution in [1.82, 2.24) is 10.5 Å². The average Bonchev–Trinajstić information content (AvgIpc) is 3.35. The Morgan fingerprint density at radius 1 is 1.05 bits per heavy atom. The predicted octanol–water partition coefficient (Wildman–Crippen LogP) is 7.48.